The van der Waals surface area contributed by atoms with E-state index in [1.54, 1.807) is 0 Å². The number of carboxylic acid groups (broad SMARTS) is 1. The zero-order chi connectivity index (χ0) is 16.6. The quantitative estimate of drug-likeness (QED) is 0.912. The molecule has 7 heteroatoms. The lowest BCUT2D eigenvalue weighted by molar-refractivity contribution is -0.142. The average Bonchev–Trinajstić information content (AvgIpc) is 3.08. The van der Waals surface area contributed by atoms with Gasteiger partial charge in [-0.1, -0.05) is 18.0 Å². The summed E-state index contributed by atoms with van der Waals surface area (Å²) in [6, 6.07) is 0.745. The number of aromatic nitrogens is 1. The number of hydrogen-bond donors (Lipinski definition) is 1. The number of carboxylic acids is 1. The highest BCUT2D eigenvalue weighted by molar-refractivity contribution is 6.32. The van der Waals surface area contributed by atoms with Crippen molar-refractivity contribution in [2.24, 2.45) is 11.8 Å². The van der Waals surface area contributed by atoms with Crippen LogP contribution in [0.1, 0.15) is 36.5 Å². The largest absolute Gasteiger partial charge is 0.480 e. The van der Waals surface area contributed by atoms with E-state index in [4.69, 9.17) is 16.3 Å². The van der Waals surface area contributed by atoms with Crippen molar-refractivity contribution in [1.82, 2.24) is 9.88 Å². The van der Waals surface area contributed by atoms with Gasteiger partial charge in [-0.25, -0.2) is 9.78 Å². The van der Waals surface area contributed by atoms with Crippen LogP contribution in [0.4, 0.5) is 0 Å². The highest BCUT2D eigenvalue weighted by Crippen LogP contribution is 2.42. The number of rotatable bonds is 4. The molecule has 0 radical (unpaired) electrons. The van der Waals surface area contributed by atoms with E-state index in [-0.39, 0.29) is 28.6 Å². The Kier molecular flexibility index (Phi) is 4.43. The Morgan fingerprint density at radius 1 is 1.48 bits per heavy atom. The molecule has 1 aliphatic carbocycles. The molecule has 1 amide bonds. The van der Waals surface area contributed by atoms with E-state index >= 15 is 0 Å². The van der Waals surface area contributed by atoms with E-state index in [0.717, 1.165) is 19.3 Å². The van der Waals surface area contributed by atoms with Crippen molar-refractivity contribution in [3.05, 3.63) is 22.8 Å². The molecule has 1 aromatic rings. The van der Waals surface area contributed by atoms with Crippen LogP contribution in [0.15, 0.2) is 12.3 Å². The molecule has 1 saturated heterocycles. The van der Waals surface area contributed by atoms with Gasteiger partial charge in [-0.15, -0.1) is 0 Å². The smallest absolute Gasteiger partial charge is 0.326 e. The van der Waals surface area contributed by atoms with Crippen LogP contribution in [0.2, 0.25) is 5.02 Å². The van der Waals surface area contributed by atoms with Gasteiger partial charge in [0, 0.05) is 12.7 Å². The van der Waals surface area contributed by atoms with Gasteiger partial charge in [-0.2, -0.15) is 0 Å². The molecule has 3 rings (SSSR count). The van der Waals surface area contributed by atoms with Crippen LogP contribution in [-0.4, -0.2) is 46.1 Å². The summed E-state index contributed by atoms with van der Waals surface area (Å²) in [5, 5.41) is 9.79. The Labute approximate surface area is 139 Å². The Morgan fingerprint density at radius 3 is 2.91 bits per heavy atom. The fourth-order valence-corrected chi connectivity index (χ4v) is 4.00. The zero-order valence-corrected chi connectivity index (χ0v) is 13.6. The molecule has 1 aliphatic heterocycles. The summed E-state index contributed by atoms with van der Waals surface area (Å²) in [4.78, 5) is 29.9. The zero-order valence-electron chi connectivity index (χ0n) is 12.9. The third kappa shape index (κ3) is 2.87. The summed E-state index contributed by atoms with van der Waals surface area (Å²) in [5.41, 5.74) is 0.296. The summed E-state index contributed by atoms with van der Waals surface area (Å²) in [6.07, 6.45) is 4.29. The van der Waals surface area contributed by atoms with Gasteiger partial charge < -0.3 is 14.7 Å². The first-order valence-corrected chi connectivity index (χ1v) is 8.22. The summed E-state index contributed by atoms with van der Waals surface area (Å²) < 4.78 is 5.25. The third-order valence-corrected chi connectivity index (χ3v) is 5.01. The number of pyridine rings is 1. The predicted molar refractivity (Wildman–Crippen MR) is 83.7 cm³/mol. The minimum atomic E-state index is -0.933. The van der Waals surface area contributed by atoms with Crippen LogP contribution in [0.3, 0.4) is 0 Å². The van der Waals surface area contributed by atoms with Gasteiger partial charge in [-0.3, -0.25) is 4.79 Å². The summed E-state index contributed by atoms with van der Waals surface area (Å²) in [6.45, 7) is 2.74. The topological polar surface area (TPSA) is 79.7 Å². The first kappa shape index (κ1) is 16.1. The monoisotopic (exact) mass is 338 g/mol. The predicted octanol–water partition coefficient (Wildman–Crippen LogP) is 2.46. The maximum atomic E-state index is 12.7. The van der Waals surface area contributed by atoms with Crippen LogP contribution in [0.25, 0.3) is 0 Å². The van der Waals surface area contributed by atoms with Gasteiger partial charge in [0.15, 0.2) is 0 Å². The van der Waals surface area contributed by atoms with Crippen molar-refractivity contribution in [3.8, 4) is 5.88 Å². The molecule has 1 aromatic heterocycles. The van der Waals surface area contributed by atoms with Gasteiger partial charge in [-0.05, 0) is 37.7 Å². The van der Waals surface area contributed by atoms with Gasteiger partial charge in [0.05, 0.1) is 12.2 Å². The van der Waals surface area contributed by atoms with Gasteiger partial charge in [0.2, 0.25) is 5.88 Å². The molecule has 0 bridgehead atoms. The number of halogens is 1. The molecule has 3 unspecified atom stereocenters. The van der Waals surface area contributed by atoms with E-state index in [1.807, 2.05) is 6.92 Å². The third-order valence-electron chi connectivity index (χ3n) is 4.74. The van der Waals surface area contributed by atoms with E-state index in [0.29, 0.717) is 18.7 Å². The van der Waals surface area contributed by atoms with Crippen LogP contribution in [0.5, 0.6) is 5.88 Å². The number of amides is 1. The standard InChI is InChI=1S/C16H19ClN2O4/c1-2-23-14-12(17)6-10(7-18-14)15(20)19-8-9-4-3-5-11(9)13(19)16(21)22/h6-7,9,11,13H,2-5,8H2,1H3,(H,21,22). The SMILES string of the molecule is CCOc1ncc(C(=O)N2CC3CCCC3C2C(=O)O)cc1Cl. The molecule has 124 valence electrons. The summed E-state index contributed by atoms with van der Waals surface area (Å²) in [5.74, 6) is -0.644. The second kappa shape index (κ2) is 6.35. The normalized spacial score (nSPS) is 26.2. The molecule has 2 fully saturated rings. The molecule has 1 N–H and O–H groups in total. The van der Waals surface area contributed by atoms with Crippen molar-refractivity contribution in [3.63, 3.8) is 0 Å². The lowest BCUT2D eigenvalue weighted by atomic mass is 9.94. The molecular formula is C16H19ClN2O4. The number of hydrogen-bond acceptors (Lipinski definition) is 4. The van der Waals surface area contributed by atoms with E-state index in [9.17, 15) is 14.7 Å². The second-order valence-corrected chi connectivity index (χ2v) is 6.45. The molecule has 23 heavy (non-hydrogen) atoms. The van der Waals surface area contributed by atoms with Crippen LogP contribution < -0.4 is 4.74 Å². The van der Waals surface area contributed by atoms with Crippen LogP contribution in [0, 0.1) is 11.8 Å². The van der Waals surface area contributed by atoms with Crippen molar-refractivity contribution in [2.45, 2.75) is 32.2 Å². The van der Waals surface area contributed by atoms with Crippen molar-refractivity contribution in [2.75, 3.05) is 13.2 Å². The Bertz CT molecular complexity index is 637. The highest BCUT2D eigenvalue weighted by Gasteiger charge is 2.49. The fraction of sp³-hybridized carbons (Fsp3) is 0.562. The van der Waals surface area contributed by atoms with Gasteiger partial charge >= 0.3 is 5.97 Å². The average molecular weight is 339 g/mol. The van der Waals surface area contributed by atoms with E-state index < -0.39 is 12.0 Å². The van der Waals surface area contributed by atoms with E-state index in [1.165, 1.54) is 17.2 Å². The Hall–Kier alpha value is -1.82. The van der Waals surface area contributed by atoms with Crippen molar-refractivity contribution < 1.29 is 19.4 Å². The van der Waals surface area contributed by atoms with Crippen LogP contribution in [-0.2, 0) is 4.79 Å². The summed E-state index contributed by atoms with van der Waals surface area (Å²) >= 11 is 6.08. The number of carbonyl (C=O) groups excluding carboxylic acids is 1. The molecule has 2 aliphatic rings. The molecule has 3 atom stereocenters. The number of likely N-dealkylation sites (tertiary alicyclic amines) is 1. The highest BCUT2D eigenvalue weighted by atomic mass is 35.5. The Morgan fingerprint density at radius 2 is 2.26 bits per heavy atom. The number of carbonyl (C=O) groups is 2. The fourth-order valence-electron chi connectivity index (χ4n) is 3.78. The maximum absolute atomic E-state index is 12.7. The van der Waals surface area contributed by atoms with Gasteiger partial charge in [0.25, 0.3) is 5.91 Å². The lowest BCUT2D eigenvalue weighted by Gasteiger charge is -2.24. The molecule has 0 spiro atoms. The molecule has 6 nitrogen and oxygen atoms in total. The molecule has 0 aromatic carbocycles. The molecule has 1 saturated carbocycles. The molecule has 2 heterocycles. The molecular weight excluding hydrogens is 320 g/mol. The number of nitrogens with zero attached hydrogens (tertiary/aromatic N) is 2. The Balaban J connectivity index is 1.85. The number of ether oxygens (including phenoxy) is 1. The second-order valence-electron chi connectivity index (χ2n) is 6.04. The number of aliphatic carboxylic acids is 1. The minimum absolute atomic E-state index is 0.0579. The lowest BCUT2D eigenvalue weighted by Crippen LogP contribution is -2.43. The van der Waals surface area contributed by atoms with Crippen LogP contribution >= 0.6 is 11.6 Å². The maximum Gasteiger partial charge on any atom is 0.326 e. The van der Waals surface area contributed by atoms with E-state index in [2.05, 4.69) is 4.98 Å². The number of fused-ring (bicyclic) bond motifs is 1. The summed E-state index contributed by atoms with van der Waals surface area (Å²) in [7, 11) is 0. The first-order valence-electron chi connectivity index (χ1n) is 7.85. The first-order chi connectivity index (χ1) is 11.0. The minimum Gasteiger partial charge on any atom is -0.480 e. The van der Waals surface area contributed by atoms with Crippen molar-refractivity contribution in [1.29, 1.82) is 0 Å². The van der Waals surface area contributed by atoms with Gasteiger partial charge in [0.1, 0.15) is 11.1 Å². The van der Waals surface area contributed by atoms with Crippen molar-refractivity contribution >= 4 is 23.5 Å².